The number of furan rings is 1. The summed E-state index contributed by atoms with van der Waals surface area (Å²) in [6, 6.07) is 17.3. The molecule has 158 valence electrons. The van der Waals surface area contributed by atoms with E-state index in [-0.39, 0.29) is 32.5 Å². The predicted molar refractivity (Wildman–Crippen MR) is 118 cm³/mol. The zero-order chi connectivity index (χ0) is 21.7. The number of hydrogen-bond acceptors (Lipinski definition) is 4. The van der Waals surface area contributed by atoms with E-state index < -0.39 is 21.5 Å². The average Bonchev–Trinajstić information content (AvgIpc) is 3.15. The number of hydrogen-bond donors (Lipinski definition) is 1. The molecule has 0 spiro atoms. The first kappa shape index (κ1) is 22.4. The minimum absolute atomic E-state index is 0.0410. The van der Waals surface area contributed by atoms with Crippen molar-refractivity contribution in [3.05, 3.63) is 87.8 Å². The van der Waals surface area contributed by atoms with Gasteiger partial charge in [0.1, 0.15) is 16.4 Å². The number of carbonyl (C=O) groups is 1. The molecule has 1 aromatic heterocycles. The smallest absolute Gasteiger partial charge is 0.287 e. The molecular weight excluding hydrogens is 445 g/mol. The van der Waals surface area contributed by atoms with Gasteiger partial charge in [-0.05, 0) is 49.6 Å². The molecule has 1 atom stereocenters. The van der Waals surface area contributed by atoms with Crippen LogP contribution in [0.4, 0.5) is 0 Å². The monoisotopic (exact) mass is 465 g/mol. The van der Waals surface area contributed by atoms with E-state index in [1.165, 1.54) is 29.8 Å². The van der Waals surface area contributed by atoms with E-state index in [0.717, 1.165) is 12.8 Å². The molecule has 0 bridgehead atoms. The molecule has 8 heteroatoms. The topological polar surface area (TPSA) is 76.4 Å². The molecule has 1 N–H and O–H groups in total. The van der Waals surface area contributed by atoms with Crippen LogP contribution in [0.5, 0.6) is 0 Å². The molecular formula is C22H21Cl2NO4S. The quantitative estimate of drug-likeness (QED) is 0.488. The number of amides is 1. The van der Waals surface area contributed by atoms with Gasteiger partial charge in [0.15, 0.2) is 15.6 Å². The van der Waals surface area contributed by atoms with E-state index in [1.54, 1.807) is 6.07 Å². The van der Waals surface area contributed by atoms with Crippen molar-refractivity contribution in [2.24, 2.45) is 0 Å². The third kappa shape index (κ3) is 5.65. The highest BCUT2D eigenvalue weighted by Crippen LogP contribution is 2.31. The SMILES string of the molecule is CC(CCc1ccccc1)NC(=O)c1ccc(CS(=O)(=O)c2c(Cl)cccc2Cl)o1. The maximum atomic E-state index is 12.7. The molecule has 0 saturated heterocycles. The molecule has 3 rings (SSSR count). The average molecular weight is 466 g/mol. The maximum Gasteiger partial charge on any atom is 0.287 e. The number of rotatable bonds is 8. The van der Waals surface area contributed by atoms with E-state index in [4.69, 9.17) is 27.6 Å². The first-order valence-corrected chi connectivity index (χ1v) is 11.8. The summed E-state index contributed by atoms with van der Waals surface area (Å²) < 4.78 is 30.9. The van der Waals surface area contributed by atoms with Crippen molar-refractivity contribution >= 4 is 38.9 Å². The Morgan fingerprint density at radius 1 is 1.00 bits per heavy atom. The summed E-state index contributed by atoms with van der Waals surface area (Å²) in [5.41, 5.74) is 1.20. The van der Waals surface area contributed by atoms with Gasteiger partial charge >= 0.3 is 0 Å². The molecule has 1 unspecified atom stereocenters. The number of halogens is 2. The van der Waals surface area contributed by atoms with Gasteiger partial charge in [-0.25, -0.2) is 8.42 Å². The molecule has 0 fully saturated rings. The maximum absolute atomic E-state index is 12.7. The lowest BCUT2D eigenvalue weighted by Crippen LogP contribution is -2.32. The van der Waals surface area contributed by atoms with E-state index >= 15 is 0 Å². The summed E-state index contributed by atoms with van der Waals surface area (Å²) in [4.78, 5) is 12.3. The second-order valence-electron chi connectivity index (χ2n) is 6.97. The van der Waals surface area contributed by atoms with Crippen LogP contribution >= 0.6 is 23.2 Å². The van der Waals surface area contributed by atoms with Crippen molar-refractivity contribution in [3.63, 3.8) is 0 Å². The third-order valence-electron chi connectivity index (χ3n) is 4.53. The summed E-state index contributed by atoms with van der Waals surface area (Å²) in [5, 5.41) is 2.95. The van der Waals surface area contributed by atoms with Crippen molar-refractivity contribution in [1.29, 1.82) is 0 Å². The molecule has 0 aliphatic heterocycles. The van der Waals surface area contributed by atoms with Crippen LogP contribution in [0.1, 0.15) is 35.2 Å². The molecule has 0 saturated carbocycles. The summed E-state index contributed by atoms with van der Waals surface area (Å²) in [6.07, 6.45) is 1.60. The Bertz CT molecular complexity index is 1110. The highest BCUT2D eigenvalue weighted by Gasteiger charge is 2.24. The molecule has 1 amide bonds. The van der Waals surface area contributed by atoms with E-state index in [9.17, 15) is 13.2 Å². The Labute approximate surface area is 185 Å². The van der Waals surface area contributed by atoms with Gasteiger partial charge in [-0.15, -0.1) is 0 Å². The van der Waals surface area contributed by atoms with Crippen molar-refractivity contribution in [3.8, 4) is 0 Å². The number of benzene rings is 2. The molecule has 30 heavy (non-hydrogen) atoms. The first-order chi connectivity index (χ1) is 14.3. The van der Waals surface area contributed by atoms with Crippen molar-refractivity contribution in [2.45, 2.75) is 36.5 Å². The van der Waals surface area contributed by atoms with Crippen LogP contribution in [-0.4, -0.2) is 20.4 Å². The van der Waals surface area contributed by atoms with Gasteiger partial charge in [0, 0.05) is 6.04 Å². The van der Waals surface area contributed by atoms with Crippen molar-refractivity contribution in [1.82, 2.24) is 5.32 Å². The van der Waals surface area contributed by atoms with Gasteiger partial charge < -0.3 is 9.73 Å². The predicted octanol–water partition coefficient (Wildman–Crippen LogP) is 5.31. The molecule has 1 heterocycles. The highest BCUT2D eigenvalue weighted by atomic mass is 35.5. The van der Waals surface area contributed by atoms with E-state index in [2.05, 4.69) is 5.32 Å². The van der Waals surface area contributed by atoms with Crippen molar-refractivity contribution in [2.75, 3.05) is 0 Å². The van der Waals surface area contributed by atoms with Gasteiger partial charge in [-0.1, -0.05) is 59.6 Å². The third-order valence-corrected chi connectivity index (χ3v) is 7.11. The molecule has 0 aliphatic rings. The lowest BCUT2D eigenvalue weighted by Gasteiger charge is -2.12. The fourth-order valence-electron chi connectivity index (χ4n) is 3.01. The van der Waals surface area contributed by atoms with E-state index in [1.807, 2.05) is 37.3 Å². The fraction of sp³-hybridized carbons (Fsp3) is 0.227. The standard InChI is InChI=1S/C22H21Cl2NO4S/c1-15(10-11-16-6-3-2-4-7-16)25-22(26)20-13-12-17(29-20)14-30(27,28)21-18(23)8-5-9-19(21)24/h2-9,12-13,15H,10-11,14H2,1H3,(H,25,26). The largest absolute Gasteiger partial charge is 0.455 e. The Balaban J connectivity index is 1.62. The van der Waals surface area contributed by atoms with Gasteiger partial charge in [0.2, 0.25) is 0 Å². The number of aryl methyl sites for hydroxylation is 1. The Morgan fingerprint density at radius 3 is 2.33 bits per heavy atom. The zero-order valence-corrected chi connectivity index (χ0v) is 18.6. The van der Waals surface area contributed by atoms with Crippen LogP contribution in [0.2, 0.25) is 10.0 Å². The molecule has 5 nitrogen and oxygen atoms in total. The Hall–Kier alpha value is -2.28. The molecule has 2 aromatic carbocycles. The van der Waals surface area contributed by atoms with Gasteiger partial charge in [0.05, 0.1) is 10.0 Å². The van der Waals surface area contributed by atoms with Crippen LogP contribution in [0, 0.1) is 0 Å². The number of carbonyl (C=O) groups excluding carboxylic acids is 1. The minimum Gasteiger partial charge on any atom is -0.455 e. The zero-order valence-electron chi connectivity index (χ0n) is 16.3. The van der Waals surface area contributed by atoms with Crippen LogP contribution in [0.25, 0.3) is 0 Å². The molecule has 0 radical (unpaired) electrons. The van der Waals surface area contributed by atoms with Crippen LogP contribution < -0.4 is 5.32 Å². The van der Waals surface area contributed by atoms with E-state index in [0.29, 0.717) is 0 Å². The molecule has 3 aromatic rings. The lowest BCUT2D eigenvalue weighted by atomic mass is 10.1. The van der Waals surface area contributed by atoms with Gasteiger partial charge in [0.25, 0.3) is 5.91 Å². The highest BCUT2D eigenvalue weighted by molar-refractivity contribution is 7.90. The first-order valence-electron chi connectivity index (χ1n) is 9.36. The number of sulfone groups is 1. The van der Waals surface area contributed by atoms with Crippen molar-refractivity contribution < 1.29 is 17.6 Å². The fourth-order valence-corrected chi connectivity index (χ4v) is 5.52. The normalized spacial score (nSPS) is 12.5. The van der Waals surface area contributed by atoms with Crippen LogP contribution in [0.3, 0.4) is 0 Å². The number of nitrogens with one attached hydrogen (secondary N) is 1. The minimum atomic E-state index is -3.84. The lowest BCUT2D eigenvalue weighted by molar-refractivity contribution is 0.0909. The van der Waals surface area contributed by atoms with Crippen LogP contribution in [-0.2, 0) is 22.0 Å². The second-order valence-corrected chi connectivity index (χ2v) is 9.72. The Morgan fingerprint density at radius 2 is 1.67 bits per heavy atom. The van der Waals surface area contributed by atoms with Gasteiger partial charge in [-0.2, -0.15) is 0 Å². The summed E-state index contributed by atoms with van der Waals surface area (Å²) in [7, 11) is -3.84. The summed E-state index contributed by atoms with van der Waals surface area (Å²) >= 11 is 12.0. The summed E-state index contributed by atoms with van der Waals surface area (Å²) in [5.74, 6) is -0.659. The Kier molecular flexibility index (Phi) is 7.23. The second kappa shape index (κ2) is 9.69. The van der Waals surface area contributed by atoms with Crippen LogP contribution in [0.15, 0.2) is 70.0 Å². The molecule has 0 aliphatic carbocycles. The van der Waals surface area contributed by atoms with Gasteiger partial charge in [-0.3, -0.25) is 4.79 Å². The summed E-state index contributed by atoms with van der Waals surface area (Å²) in [6.45, 7) is 1.91.